The van der Waals surface area contributed by atoms with Crippen LogP contribution in [0.4, 0.5) is 0 Å². The van der Waals surface area contributed by atoms with E-state index >= 15 is 0 Å². The molecule has 82 valence electrons. The number of likely N-dealkylation sites (tertiary alicyclic amines) is 1. The molecule has 2 rings (SSSR count). The van der Waals surface area contributed by atoms with E-state index in [1.54, 1.807) is 0 Å². The van der Waals surface area contributed by atoms with E-state index in [0.717, 1.165) is 25.6 Å². The van der Waals surface area contributed by atoms with Crippen LogP contribution in [-0.2, 0) is 0 Å². The van der Waals surface area contributed by atoms with Gasteiger partial charge in [0, 0.05) is 25.2 Å². The molecular weight excluding hydrogens is 176 g/mol. The molecule has 0 aromatic carbocycles. The summed E-state index contributed by atoms with van der Waals surface area (Å²) in [4.78, 5) is 2.62. The summed E-state index contributed by atoms with van der Waals surface area (Å²) in [6.45, 7) is 5.45. The van der Waals surface area contributed by atoms with Crippen LogP contribution >= 0.6 is 0 Å². The van der Waals surface area contributed by atoms with Crippen molar-refractivity contribution in [1.29, 1.82) is 0 Å². The quantitative estimate of drug-likeness (QED) is 0.696. The monoisotopic (exact) mass is 198 g/mol. The molecule has 0 radical (unpaired) electrons. The van der Waals surface area contributed by atoms with Crippen LogP contribution in [0.5, 0.6) is 0 Å². The Bertz CT molecular complexity index is 180. The molecule has 0 saturated carbocycles. The average molecular weight is 198 g/mol. The first-order valence-corrected chi connectivity index (χ1v) is 5.92. The molecule has 2 N–H and O–H groups in total. The molecule has 0 amide bonds. The molecule has 14 heavy (non-hydrogen) atoms. The number of aliphatic hydroxyl groups is 1. The van der Waals surface area contributed by atoms with Crippen LogP contribution in [0, 0.1) is 0 Å². The topological polar surface area (TPSA) is 35.5 Å². The van der Waals surface area contributed by atoms with Crippen LogP contribution < -0.4 is 5.32 Å². The van der Waals surface area contributed by atoms with Gasteiger partial charge in [0.2, 0.25) is 0 Å². The fourth-order valence-electron chi connectivity index (χ4n) is 2.66. The highest BCUT2D eigenvalue weighted by atomic mass is 16.3. The van der Waals surface area contributed by atoms with Crippen LogP contribution in [0.25, 0.3) is 0 Å². The molecule has 2 aliphatic heterocycles. The van der Waals surface area contributed by atoms with Crippen molar-refractivity contribution in [1.82, 2.24) is 10.2 Å². The number of hydrogen-bond acceptors (Lipinski definition) is 3. The number of rotatable bonds is 3. The van der Waals surface area contributed by atoms with Crippen molar-refractivity contribution in [2.24, 2.45) is 0 Å². The van der Waals surface area contributed by atoms with Crippen molar-refractivity contribution in [2.45, 2.75) is 50.8 Å². The predicted molar refractivity (Wildman–Crippen MR) is 57.3 cm³/mol. The van der Waals surface area contributed by atoms with Crippen LogP contribution in [0.1, 0.15) is 32.6 Å². The van der Waals surface area contributed by atoms with E-state index < -0.39 is 0 Å². The van der Waals surface area contributed by atoms with E-state index in [9.17, 15) is 5.11 Å². The lowest BCUT2D eigenvalue weighted by atomic mass is 9.94. The zero-order valence-electron chi connectivity index (χ0n) is 9.08. The van der Waals surface area contributed by atoms with Gasteiger partial charge in [0.1, 0.15) is 0 Å². The van der Waals surface area contributed by atoms with E-state index in [0.29, 0.717) is 6.04 Å². The van der Waals surface area contributed by atoms with Gasteiger partial charge in [-0.2, -0.15) is 0 Å². The first-order valence-electron chi connectivity index (χ1n) is 5.92. The van der Waals surface area contributed by atoms with E-state index in [1.807, 2.05) is 6.92 Å². The second kappa shape index (κ2) is 4.60. The molecule has 0 aliphatic carbocycles. The minimum absolute atomic E-state index is 0.145. The SMILES string of the molecule is CC(O)CC1CCCCN1C1CNC1. The Hall–Kier alpha value is -0.120. The van der Waals surface area contributed by atoms with Crippen molar-refractivity contribution in [3.63, 3.8) is 0 Å². The zero-order valence-corrected chi connectivity index (χ0v) is 9.08. The van der Waals surface area contributed by atoms with Crippen molar-refractivity contribution in [3.8, 4) is 0 Å². The lowest BCUT2D eigenvalue weighted by molar-refractivity contribution is 0.0356. The van der Waals surface area contributed by atoms with Crippen molar-refractivity contribution < 1.29 is 5.11 Å². The van der Waals surface area contributed by atoms with E-state index in [1.165, 1.54) is 25.8 Å². The van der Waals surface area contributed by atoms with E-state index in [4.69, 9.17) is 0 Å². The van der Waals surface area contributed by atoms with E-state index in [-0.39, 0.29) is 6.10 Å². The smallest absolute Gasteiger partial charge is 0.0527 e. The summed E-state index contributed by atoms with van der Waals surface area (Å²) in [7, 11) is 0. The Kier molecular flexibility index (Phi) is 3.42. The molecule has 0 bridgehead atoms. The first-order chi connectivity index (χ1) is 6.77. The summed E-state index contributed by atoms with van der Waals surface area (Å²) >= 11 is 0. The number of aliphatic hydroxyl groups excluding tert-OH is 1. The summed E-state index contributed by atoms with van der Waals surface area (Å²) in [6.07, 6.45) is 4.77. The molecule has 3 heteroatoms. The van der Waals surface area contributed by atoms with Crippen LogP contribution in [0.2, 0.25) is 0 Å². The maximum atomic E-state index is 9.45. The normalized spacial score (nSPS) is 32.6. The summed E-state index contributed by atoms with van der Waals surface area (Å²) in [5, 5.41) is 12.8. The molecule has 2 atom stereocenters. The summed E-state index contributed by atoms with van der Waals surface area (Å²) in [5.74, 6) is 0. The summed E-state index contributed by atoms with van der Waals surface area (Å²) in [6, 6.07) is 1.38. The minimum Gasteiger partial charge on any atom is -0.393 e. The van der Waals surface area contributed by atoms with Gasteiger partial charge in [-0.15, -0.1) is 0 Å². The largest absolute Gasteiger partial charge is 0.393 e. The Morgan fingerprint density at radius 2 is 2.21 bits per heavy atom. The van der Waals surface area contributed by atoms with Crippen molar-refractivity contribution >= 4 is 0 Å². The van der Waals surface area contributed by atoms with Gasteiger partial charge in [-0.1, -0.05) is 6.42 Å². The van der Waals surface area contributed by atoms with Gasteiger partial charge in [0.05, 0.1) is 6.10 Å². The van der Waals surface area contributed by atoms with Crippen molar-refractivity contribution in [2.75, 3.05) is 19.6 Å². The van der Waals surface area contributed by atoms with Gasteiger partial charge in [-0.05, 0) is 32.7 Å². The number of nitrogens with one attached hydrogen (secondary N) is 1. The molecule has 0 aromatic heterocycles. The molecule has 3 nitrogen and oxygen atoms in total. The van der Waals surface area contributed by atoms with Gasteiger partial charge in [-0.25, -0.2) is 0 Å². The Morgan fingerprint density at radius 1 is 1.43 bits per heavy atom. The predicted octanol–water partition coefficient (Wildman–Crippen LogP) is 0.584. The lowest BCUT2D eigenvalue weighted by Gasteiger charge is -2.45. The van der Waals surface area contributed by atoms with Gasteiger partial charge in [0.25, 0.3) is 0 Å². The third kappa shape index (κ3) is 2.27. The number of hydrogen-bond donors (Lipinski definition) is 2. The molecular formula is C11H22N2O. The zero-order chi connectivity index (χ0) is 9.97. The Morgan fingerprint density at radius 3 is 2.79 bits per heavy atom. The maximum absolute atomic E-state index is 9.45. The molecule has 2 fully saturated rings. The highest BCUT2D eigenvalue weighted by molar-refractivity contribution is 4.90. The molecule has 2 saturated heterocycles. The average Bonchev–Trinajstić information content (AvgIpc) is 2.04. The third-order valence-electron chi connectivity index (χ3n) is 3.51. The van der Waals surface area contributed by atoms with Gasteiger partial charge in [0.15, 0.2) is 0 Å². The van der Waals surface area contributed by atoms with Crippen molar-refractivity contribution in [3.05, 3.63) is 0 Å². The maximum Gasteiger partial charge on any atom is 0.0527 e. The van der Waals surface area contributed by atoms with Crippen LogP contribution in [0.3, 0.4) is 0 Å². The fourth-order valence-corrected chi connectivity index (χ4v) is 2.66. The molecule has 0 spiro atoms. The van der Waals surface area contributed by atoms with Crippen LogP contribution in [-0.4, -0.2) is 47.8 Å². The minimum atomic E-state index is -0.145. The molecule has 2 unspecified atom stereocenters. The Labute approximate surface area is 86.5 Å². The molecule has 0 aromatic rings. The fraction of sp³-hybridized carbons (Fsp3) is 1.00. The number of nitrogens with zero attached hydrogens (tertiary/aromatic N) is 1. The third-order valence-corrected chi connectivity index (χ3v) is 3.51. The standard InChI is InChI=1S/C11H22N2O/c1-9(14)6-10-4-2-3-5-13(10)11-7-12-8-11/h9-12,14H,2-8H2,1H3. The number of piperidine rings is 1. The highest BCUT2D eigenvalue weighted by Crippen LogP contribution is 2.24. The molecule has 2 aliphatic rings. The molecule has 2 heterocycles. The van der Waals surface area contributed by atoms with Gasteiger partial charge >= 0.3 is 0 Å². The summed E-state index contributed by atoms with van der Waals surface area (Å²) < 4.78 is 0. The van der Waals surface area contributed by atoms with Gasteiger partial charge in [-0.3, -0.25) is 4.90 Å². The second-order valence-electron chi connectivity index (χ2n) is 4.78. The summed E-state index contributed by atoms with van der Waals surface area (Å²) in [5.41, 5.74) is 0. The lowest BCUT2D eigenvalue weighted by Crippen LogP contribution is -2.61. The second-order valence-corrected chi connectivity index (χ2v) is 4.78. The van der Waals surface area contributed by atoms with Crippen LogP contribution in [0.15, 0.2) is 0 Å². The van der Waals surface area contributed by atoms with Gasteiger partial charge < -0.3 is 10.4 Å². The highest BCUT2D eigenvalue weighted by Gasteiger charge is 2.32. The van der Waals surface area contributed by atoms with E-state index in [2.05, 4.69) is 10.2 Å². The first kappa shape index (κ1) is 10.4. The Balaban J connectivity index is 1.88.